The molecule has 1 aliphatic heterocycles. The van der Waals surface area contributed by atoms with E-state index in [9.17, 15) is 9.50 Å². The van der Waals surface area contributed by atoms with Gasteiger partial charge in [0, 0.05) is 12.1 Å². The predicted molar refractivity (Wildman–Crippen MR) is 71.0 cm³/mol. The Morgan fingerprint density at radius 1 is 1.39 bits per heavy atom. The van der Waals surface area contributed by atoms with Crippen molar-refractivity contribution in [1.82, 2.24) is 4.90 Å². The zero-order valence-electron chi connectivity index (χ0n) is 11.0. The van der Waals surface area contributed by atoms with Crippen LogP contribution in [-0.2, 0) is 6.42 Å². The van der Waals surface area contributed by atoms with Crippen LogP contribution in [0.1, 0.15) is 31.7 Å². The molecule has 1 saturated heterocycles. The van der Waals surface area contributed by atoms with Gasteiger partial charge < -0.3 is 5.11 Å². The Bertz CT molecular complexity index is 383. The van der Waals surface area contributed by atoms with E-state index in [1.807, 2.05) is 12.1 Å². The minimum Gasteiger partial charge on any atom is -0.395 e. The minimum absolute atomic E-state index is 0.123. The van der Waals surface area contributed by atoms with E-state index < -0.39 is 0 Å². The van der Waals surface area contributed by atoms with Crippen molar-refractivity contribution in [2.24, 2.45) is 0 Å². The van der Waals surface area contributed by atoms with E-state index in [0.717, 1.165) is 18.5 Å². The third-order valence-electron chi connectivity index (χ3n) is 3.92. The van der Waals surface area contributed by atoms with Crippen LogP contribution in [0.15, 0.2) is 24.3 Å². The lowest BCUT2D eigenvalue weighted by Gasteiger charge is -2.39. The number of piperidine rings is 1. The van der Waals surface area contributed by atoms with Gasteiger partial charge in [0.2, 0.25) is 0 Å². The summed E-state index contributed by atoms with van der Waals surface area (Å²) < 4.78 is 13.6. The molecule has 0 radical (unpaired) electrons. The van der Waals surface area contributed by atoms with Crippen molar-refractivity contribution in [3.8, 4) is 0 Å². The molecule has 1 aliphatic rings. The van der Waals surface area contributed by atoms with Gasteiger partial charge in [0.15, 0.2) is 0 Å². The molecule has 3 heteroatoms. The second-order valence-corrected chi connectivity index (χ2v) is 5.21. The summed E-state index contributed by atoms with van der Waals surface area (Å²) in [6.07, 6.45) is 4.13. The number of hydrogen-bond donors (Lipinski definition) is 1. The van der Waals surface area contributed by atoms with E-state index in [1.54, 1.807) is 6.07 Å². The third-order valence-corrected chi connectivity index (χ3v) is 3.92. The molecule has 18 heavy (non-hydrogen) atoms. The molecule has 0 unspecified atom stereocenters. The smallest absolute Gasteiger partial charge is 0.126 e. The highest BCUT2D eigenvalue weighted by atomic mass is 19.1. The van der Waals surface area contributed by atoms with Gasteiger partial charge in [-0.1, -0.05) is 24.6 Å². The third kappa shape index (κ3) is 3.09. The Kier molecular flexibility index (Phi) is 4.72. The summed E-state index contributed by atoms with van der Waals surface area (Å²) in [6, 6.07) is 7.50. The maximum atomic E-state index is 13.6. The molecular weight excluding hydrogens is 229 g/mol. The molecule has 2 atom stereocenters. The fraction of sp³-hybridized carbons (Fsp3) is 0.600. The molecule has 1 aromatic carbocycles. The molecule has 0 aromatic heterocycles. The van der Waals surface area contributed by atoms with Crippen molar-refractivity contribution in [3.05, 3.63) is 35.6 Å². The Labute approximate surface area is 108 Å². The summed E-state index contributed by atoms with van der Waals surface area (Å²) in [4.78, 5) is 2.33. The summed E-state index contributed by atoms with van der Waals surface area (Å²) in [5.74, 6) is -0.123. The molecule has 1 fully saturated rings. The first kappa shape index (κ1) is 13.5. The van der Waals surface area contributed by atoms with E-state index >= 15 is 0 Å². The van der Waals surface area contributed by atoms with Crippen molar-refractivity contribution in [1.29, 1.82) is 0 Å². The Morgan fingerprint density at radius 2 is 2.17 bits per heavy atom. The number of hydrogen-bond acceptors (Lipinski definition) is 2. The van der Waals surface area contributed by atoms with Gasteiger partial charge in [-0.25, -0.2) is 4.39 Å². The highest BCUT2D eigenvalue weighted by Crippen LogP contribution is 2.21. The number of halogens is 1. The first-order chi connectivity index (χ1) is 8.72. The number of aliphatic hydroxyl groups is 1. The highest BCUT2D eigenvalue weighted by molar-refractivity contribution is 5.18. The largest absolute Gasteiger partial charge is 0.395 e. The van der Waals surface area contributed by atoms with Gasteiger partial charge in [-0.2, -0.15) is 0 Å². The molecule has 0 bridgehead atoms. The molecule has 1 N–H and O–H groups in total. The summed E-state index contributed by atoms with van der Waals surface area (Å²) in [5.41, 5.74) is 0.771. The lowest BCUT2D eigenvalue weighted by molar-refractivity contribution is 0.0589. The van der Waals surface area contributed by atoms with Gasteiger partial charge in [0.25, 0.3) is 0 Å². The summed E-state index contributed by atoms with van der Waals surface area (Å²) in [6.45, 7) is 3.35. The summed E-state index contributed by atoms with van der Waals surface area (Å²) in [5, 5.41) is 9.42. The molecular formula is C15H22FNO. The number of benzene rings is 1. The summed E-state index contributed by atoms with van der Waals surface area (Å²) in [7, 11) is 0. The quantitative estimate of drug-likeness (QED) is 0.889. The standard InChI is InChI=1S/C15H22FNO/c1-12(10-13-6-2-3-8-15(13)16)17-9-5-4-7-14(17)11-18/h2-3,6,8,12,14,18H,4-5,7,9-11H2,1H3/t12-,14+/m0/s1. The maximum absolute atomic E-state index is 13.6. The fourth-order valence-corrected chi connectivity index (χ4v) is 2.90. The molecule has 0 saturated carbocycles. The molecule has 1 aromatic rings. The average molecular weight is 251 g/mol. The van der Waals surface area contributed by atoms with Crippen LogP contribution >= 0.6 is 0 Å². The number of aliphatic hydroxyl groups excluding tert-OH is 1. The lowest BCUT2D eigenvalue weighted by Crippen LogP contribution is -2.47. The highest BCUT2D eigenvalue weighted by Gasteiger charge is 2.26. The first-order valence-electron chi connectivity index (χ1n) is 6.82. The van der Waals surface area contributed by atoms with Crippen LogP contribution in [0.2, 0.25) is 0 Å². The van der Waals surface area contributed by atoms with Crippen LogP contribution in [0.5, 0.6) is 0 Å². The van der Waals surface area contributed by atoms with E-state index in [0.29, 0.717) is 6.42 Å². The topological polar surface area (TPSA) is 23.5 Å². The van der Waals surface area contributed by atoms with E-state index in [-0.39, 0.29) is 24.5 Å². The van der Waals surface area contributed by atoms with Gasteiger partial charge in [-0.05, 0) is 44.4 Å². The molecule has 0 spiro atoms. The van der Waals surface area contributed by atoms with Crippen molar-refractivity contribution in [2.75, 3.05) is 13.2 Å². The van der Waals surface area contributed by atoms with Gasteiger partial charge in [0.1, 0.15) is 5.82 Å². The second-order valence-electron chi connectivity index (χ2n) is 5.21. The molecule has 0 aliphatic carbocycles. The van der Waals surface area contributed by atoms with Crippen molar-refractivity contribution in [2.45, 2.75) is 44.7 Å². The van der Waals surface area contributed by atoms with Crippen LogP contribution in [0.4, 0.5) is 4.39 Å². The van der Waals surface area contributed by atoms with E-state index in [1.165, 1.54) is 18.9 Å². The Hall–Kier alpha value is -0.930. The number of likely N-dealkylation sites (tertiary alicyclic amines) is 1. The van der Waals surface area contributed by atoms with Crippen molar-refractivity contribution >= 4 is 0 Å². The van der Waals surface area contributed by atoms with Gasteiger partial charge in [0.05, 0.1) is 6.61 Å². The second kappa shape index (κ2) is 6.30. The molecule has 100 valence electrons. The zero-order chi connectivity index (χ0) is 13.0. The predicted octanol–water partition coefficient (Wildman–Crippen LogP) is 2.60. The van der Waals surface area contributed by atoms with Crippen LogP contribution in [0, 0.1) is 5.82 Å². The molecule has 0 amide bonds. The average Bonchev–Trinajstić information content (AvgIpc) is 2.41. The first-order valence-corrected chi connectivity index (χ1v) is 6.82. The van der Waals surface area contributed by atoms with E-state index in [2.05, 4.69) is 11.8 Å². The number of rotatable bonds is 4. The minimum atomic E-state index is -0.123. The molecule has 2 rings (SSSR count). The lowest BCUT2D eigenvalue weighted by atomic mass is 9.97. The van der Waals surface area contributed by atoms with Gasteiger partial charge in [-0.3, -0.25) is 4.90 Å². The number of nitrogens with zero attached hydrogens (tertiary/aromatic N) is 1. The Morgan fingerprint density at radius 3 is 2.89 bits per heavy atom. The maximum Gasteiger partial charge on any atom is 0.126 e. The van der Waals surface area contributed by atoms with Crippen LogP contribution in [0.3, 0.4) is 0 Å². The van der Waals surface area contributed by atoms with Crippen molar-refractivity contribution < 1.29 is 9.50 Å². The van der Waals surface area contributed by atoms with Gasteiger partial charge >= 0.3 is 0 Å². The van der Waals surface area contributed by atoms with Crippen molar-refractivity contribution in [3.63, 3.8) is 0 Å². The van der Waals surface area contributed by atoms with Crippen LogP contribution in [-0.4, -0.2) is 35.2 Å². The monoisotopic (exact) mass is 251 g/mol. The SMILES string of the molecule is C[C@@H](Cc1ccccc1F)N1CCCC[C@@H]1CO. The van der Waals surface area contributed by atoms with Crippen LogP contribution < -0.4 is 0 Å². The zero-order valence-corrected chi connectivity index (χ0v) is 11.0. The summed E-state index contributed by atoms with van der Waals surface area (Å²) >= 11 is 0. The normalized spacial score (nSPS) is 22.9. The van der Waals surface area contributed by atoms with E-state index in [4.69, 9.17) is 0 Å². The molecule has 2 nitrogen and oxygen atoms in total. The molecule has 1 heterocycles. The van der Waals surface area contributed by atoms with Gasteiger partial charge in [-0.15, -0.1) is 0 Å². The fourth-order valence-electron chi connectivity index (χ4n) is 2.90. The van der Waals surface area contributed by atoms with Crippen LogP contribution in [0.25, 0.3) is 0 Å². The Balaban J connectivity index is 2.02.